The molecule has 1 rings (SSSR count). The molecule has 1 amide bonds. The number of ether oxygens (including phenoxy) is 1. The lowest BCUT2D eigenvalue weighted by atomic mass is 10.3. The van der Waals surface area contributed by atoms with E-state index in [9.17, 15) is 14.4 Å². The number of allylic oxidation sites excluding steroid dienone is 1. The number of aldehydes is 1. The van der Waals surface area contributed by atoms with Gasteiger partial charge in [0.2, 0.25) is 5.91 Å². The highest BCUT2D eigenvalue weighted by atomic mass is 16.5. The lowest BCUT2D eigenvalue weighted by Gasteiger charge is -2.04. The Morgan fingerprint density at radius 2 is 2.21 bits per heavy atom. The molecule has 1 heterocycles. The first-order chi connectivity index (χ1) is 9.15. The van der Waals surface area contributed by atoms with Gasteiger partial charge in [0.1, 0.15) is 6.42 Å². The molecule has 0 aromatic carbocycles. The topological polar surface area (TPSA) is 85.4 Å². The van der Waals surface area contributed by atoms with Crippen LogP contribution in [0.5, 0.6) is 0 Å². The molecule has 0 radical (unpaired) electrons. The van der Waals surface area contributed by atoms with Gasteiger partial charge in [-0.2, -0.15) is 0 Å². The number of rotatable bonds is 6. The zero-order valence-corrected chi connectivity index (χ0v) is 10.5. The van der Waals surface area contributed by atoms with Gasteiger partial charge >= 0.3 is 5.97 Å². The molecule has 0 saturated heterocycles. The Kier molecular flexibility index (Phi) is 5.94. The Bertz CT molecular complexity index is 483. The van der Waals surface area contributed by atoms with Crippen molar-refractivity contribution in [2.24, 2.45) is 0 Å². The molecule has 0 fully saturated rings. The van der Waals surface area contributed by atoms with Crippen molar-refractivity contribution in [1.29, 1.82) is 0 Å². The summed E-state index contributed by atoms with van der Waals surface area (Å²) in [6, 6.07) is 5.17. The average Bonchev–Trinajstić information content (AvgIpc) is 2.39. The first-order valence-corrected chi connectivity index (χ1v) is 5.69. The molecule has 0 unspecified atom stereocenters. The van der Waals surface area contributed by atoms with Gasteiger partial charge in [0.05, 0.1) is 18.0 Å². The van der Waals surface area contributed by atoms with Crippen molar-refractivity contribution in [3.05, 3.63) is 35.8 Å². The van der Waals surface area contributed by atoms with Gasteiger partial charge in [-0.1, -0.05) is 6.07 Å². The van der Waals surface area contributed by atoms with Crippen molar-refractivity contribution in [2.45, 2.75) is 13.3 Å². The summed E-state index contributed by atoms with van der Waals surface area (Å²) >= 11 is 0. The van der Waals surface area contributed by atoms with Crippen LogP contribution in [0.15, 0.2) is 30.1 Å². The first kappa shape index (κ1) is 14.6. The summed E-state index contributed by atoms with van der Waals surface area (Å²) < 4.78 is 4.63. The number of carbonyl (C=O) groups excluding carboxylic acids is 3. The Labute approximate surface area is 110 Å². The number of esters is 1. The maximum Gasteiger partial charge on any atom is 0.315 e. The molecule has 0 bridgehead atoms. The van der Waals surface area contributed by atoms with Crippen LogP contribution in [-0.4, -0.2) is 29.8 Å². The quantitative estimate of drug-likeness (QED) is 0.353. The maximum absolute atomic E-state index is 11.5. The molecular formula is C13H14N2O4. The van der Waals surface area contributed by atoms with E-state index in [1.807, 2.05) is 0 Å². The summed E-state index contributed by atoms with van der Waals surface area (Å²) in [5, 5.41) is 2.32. The molecule has 0 saturated carbocycles. The number of amides is 1. The average molecular weight is 262 g/mol. The lowest BCUT2D eigenvalue weighted by Crippen LogP contribution is -2.26. The molecule has 1 aromatic heterocycles. The highest BCUT2D eigenvalue weighted by Crippen LogP contribution is 2.00. The summed E-state index contributed by atoms with van der Waals surface area (Å²) in [6.45, 7) is 1.85. The highest BCUT2D eigenvalue weighted by Gasteiger charge is 2.11. The lowest BCUT2D eigenvalue weighted by molar-refractivity contribution is -0.145. The normalized spacial score (nSPS) is 10.7. The minimum Gasteiger partial charge on any atom is -0.466 e. The third-order valence-electron chi connectivity index (χ3n) is 2.01. The van der Waals surface area contributed by atoms with Crippen LogP contribution in [0.3, 0.4) is 0 Å². The first-order valence-electron chi connectivity index (χ1n) is 5.69. The van der Waals surface area contributed by atoms with Crippen LogP contribution in [0.2, 0.25) is 0 Å². The van der Waals surface area contributed by atoms with Crippen molar-refractivity contribution in [3.8, 4) is 0 Å². The Balaban J connectivity index is 2.62. The van der Waals surface area contributed by atoms with E-state index in [1.54, 1.807) is 31.3 Å². The fraction of sp³-hybridized carbons (Fsp3) is 0.231. The second kappa shape index (κ2) is 7.75. The Hall–Kier alpha value is -2.50. The van der Waals surface area contributed by atoms with Crippen molar-refractivity contribution < 1.29 is 19.1 Å². The molecule has 6 heteroatoms. The molecule has 100 valence electrons. The molecule has 1 aromatic rings. The number of pyridine rings is 1. The van der Waals surface area contributed by atoms with Crippen molar-refractivity contribution in [3.63, 3.8) is 0 Å². The number of carbonyl (C=O) groups is 3. The molecule has 19 heavy (non-hydrogen) atoms. The molecule has 0 aliphatic carbocycles. The van der Waals surface area contributed by atoms with E-state index in [4.69, 9.17) is 0 Å². The summed E-state index contributed by atoms with van der Waals surface area (Å²) in [5.74, 6) is -1.24. The largest absolute Gasteiger partial charge is 0.466 e. The van der Waals surface area contributed by atoms with Gasteiger partial charge in [0.25, 0.3) is 0 Å². The van der Waals surface area contributed by atoms with Crippen LogP contribution in [0.4, 0.5) is 0 Å². The van der Waals surface area contributed by atoms with Gasteiger partial charge in [-0.15, -0.1) is 0 Å². The van der Waals surface area contributed by atoms with E-state index >= 15 is 0 Å². The van der Waals surface area contributed by atoms with Gasteiger partial charge in [-0.25, -0.2) is 0 Å². The smallest absolute Gasteiger partial charge is 0.315 e. The van der Waals surface area contributed by atoms with Gasteiger partial charge in [0.15, 0.2) is 6.29 Å². The van der Waals surface area contributed by atoms with E-state index in [-0.39, 0.29) is 12.3 Å². The molecule has 0 atom stereocenters. The molecule has 1 N–H and O–H groups in total. The second-order valence-corrected chi connectivity index (χ2v) is 3.50. The van der Waals surface area contributed by atoms with Gasteiger partial charge < -0.3 is 10.1 Å². The van der Waals surface area contributed by atoms with Crippen molar-refractivity contribution in [1.82, 2.24) is 10.3 Å². The zero-order chi connectivity index (χ0) is 14.1. The summed E-state index contributed by atoms with van der Waals surface area (Å²) in [7, 11) is 0. The number of hydrogen-bond acceptors (Lipinski definition) is 5. The third-order valence-corrected chi connectivity index (χ3v) is 2.01. The Morgan fingerprint density at radius 3 is 2.79 bits per heavy atom. The minimum absolute atomic E-state index is 0.0352. The van der Waals surface area contributed by atoms with Gasteiger partial charge in [-0.3, -0.25) is 19.4 Å². The van der Waals surface area contributed by atoms with E-state index in [1.165, 1.54) is 6.08 Å². The molecular weight excluding hydrogens is 248 g/mol. The molecule has 0 aliphatic rings. The fourth-order valence-electron chi connectivity index (χ4n) is 1.27. The Morgan fingerprint density at radius 1 is 1.42 bits per heavy atom. The number of nitrogens with zero attached hydrogens (tertiary/aromatic N) is 1. The summed E-state index contributed by atoms with van der Waals surface area (Å²) in [5.41, 5.74) is 0.564. The summed E-state index contributed by atoms with van der Waals surface area (Å²) in [4.78, 5) is 37.3. The third kappa shape index (κ3) is 5.58. The van der Waals surface area contributed by atoms with E-state index in [0.717, 1.165) is 0 Å². The van der Waals surface area contributed by atoms with Crippen LogP contribution in [0.25, 0.3) is 6.08 Å². The second-order valence-electron chi connectivity index (χ2n) is 3.50. The van der Waals surface area contributed by atoms with E-state index in [0.29, 0.717) is 12.0 Å². The van der Waals surface area contributed by atoms with Crippen LogP contribution in [0.1, 0.15) is 19.0 Å². The van der Waals surface area contributed by atoms with Gasteiger partial charge in [0, 0.05) is 6.20 Å². The van der Waals surface area contributed by atoms with Crippen molar-refractivity contribution >= 4 is 24.2 Å². The van der Waals surface area contributed by atoms with Crippen LogP contribution >= 0.6 is 0 Å². The SMILES string of the molecule is CCOC(=O)CC(=O)N/C(C=O)=C/c1ccccn1. The number of nitrogens with one attached hydrogen (secondary N) is 1. The van der Waals surface area contributed by atoms with E-state index in [2.05, 4.69) is 15.0 Å². The molecule has 0 aliphatic heterocycles. The predicted molar refractivity (Wildman–Crippen MR) is 67.7 cm³/mol. The van der Waals surface area contributed by atoms with Gasteiger partial charge in [-0.05, 0) is 25.1 Å². The van der Waals surface area contributed by atoms with Crippen LogP contribution in [0, 0.1) is 0 Å². The standard InChI is InChI=1S/C13H14N2O4/c1-2-19-13(18)8-12(17)15-11(9-16)7-10-5-3-4-6-14-10/h3-7,9H,2,8H2,1H3,(H,15,17)/b11-7+. The monoisotopic (exact) mass is 262 g/mol. The maximum atomic E-state index is 11.5. The van der Waals surface area contributed by atoms with Crippen LogP contribution < -0.4 is 5.32 Å². The molecule has 0 spiro atoms. The van der Waals surface area contributed by atoms with Crippen molar-refractivity contribution in [2.75, 3.05) is 6.61 Å². The number of aromatic nitrogens is 1. The van der Waals surface area contributed by atoms with Crippen LogP contribution in [-0.2, 0) is 19.1 Å². The summed E-state index contributed by atoms with van der Waals surface area (Å²) in [6.07, 6.45) is 3.03. The zero-order valence-electron chi connectivity index (χ0n) is 10.5. The number of hydrogen-bond donors (Lipinski definition) is 1. The molecule has 6 nitrogen and oxygen atoms in total. The fourth-order valence-corrected chi connectivity index (χ4v) is 1.27. The highest BCUT2D eigenvalue weighted by molar-refractivity contribution is 5.98. The minimum atomic E-state index is -0.636. The predicted octanol–water partition coefficient (Wildman–Crippen LogP) is 0.691. The van der Waals surface area contributed by atoms with E-state index < -0.39 is 18.3 Å².